The fourth-order valence-corrected chi connectivity index (χ4v) is 2.87. The van der Waals surface area contributed by atoms with E-state index in [-0.39, 0.29) is 5.91 Å². The van der Waals surface area contributed by atoms with E-state index in [4.69, 9.17) is 5.26 Å². The second kappa shape index (κ2) is 7.80. The molecule has 0 aliphatic heterocycles. The Morgan fingerprint density at radius 1 is 1.33 bits per heavy atom. The molecule has 1 amide bonds. The Balaban J connectivity index is 1.69. The Morgan fingerprint density at radius 2 is 2.00 bits per heavy atom. The summed E-state index contributed by atoms with van der Waals surface area (Å²) in [4.78, 5) is 14.2. The summed E-state index contributed by atoms with van der Waals surface area (Å²) in [5, 5.41) is 11.6. The van der Waals surface area contributed by atoms with Gasteiger partial charge in [-0.1, -0.05) is 12.8 Å². The molecular weight excluding hydrogens is 262 g/mol. The van der Waals surface area contributed by atoms with Crippen molar-refractivity contribution in [1.29, 1.82) is 5.26 Å². The van der Waals surface area contributed by atoms with Crippen molar-refractivity contribution < 1.29 is 4.79 Å². The predicted octanol–water partition coefficient (Wildman–Crippen LogP) is 3.01. The van der Waals surface area contributed by atoms with E-state index >= 15 is 0 Å². The standard InChI is InChI=1S/C17H23N3O/c1-20(13-15-4-2-3-5-15)11-10-17(21)19-16-8-6-14(12-18)7-9-16/h6-9,15H,2-5,10-11,13H2,1H3,(H,19,21). The van der Waals surface area contributed by atoms with Crippen molar-refractivity contribution in [3.05, 3.63) is 29.8 Å². The van der Waals surface area contributed by atoms with Crippen LogP contribution >= 0.6 is 0 Å². The van der Waals surface area contributed by atoms with Gasteiger partial charge in [0, 0.05) is 25.2 Å². The molecule has 0 saturated heterocycles. The van der Waals surface area contributed by atoms with Crippen LogP contribution in [0.2, 0.25) is 0 Å². The van der Waals surface area contributed by atoms with Crippen LogP contribution in [-0.4, -0.2) is 30.9 Å². The fraction of sp³-hybridized carbons (Fsp3) is 0.529. The zero-order chi connectivity index (χ0) is 15.1. The Hall–Kier alpha value is -1.86. The van der Waals surface area contributed by atoms with Gasteiger partial charge >= 0.3 is 0 Å². The molecule has 0 aromatic heterocycles. The zero-order valence-corrected chi connectivity index (χ0v) is 12.6. The highest BCUT2D eigenvalue weighted by Gasteiger charge is 2.17. The third-order valence-electron chi connectivity index (χ3n) is 4.06. The summed E-state index contributed by atoms with van der Waals surface area (Å²) in [6, 6.07) is 9.01. The van der Waals surface area contributed by atoms with Crippen molar-refractivity contribution in [3.63, 3.8) is 0 Å². The van der Waals surface area contributed by atoms with Gasteiger partial charge in [-0.3, -0.25) is 4.79 Å². The van der Waals surface area contributed by atoms with Crippen molar-refractivity contribution in [1.82, 2.24) is 4.90 Å². The van der Waals surface area contributed by atoms with Crippen LogP contribution in [-0.2, 0) is 4.79 Å². The second-order valence-electron chi connectivity index (χ2n) is 5.90. The summed E-state index contributed by atoms with van der Waals surface area (Å²) in [5.74, 6) is 0.842. The van der Waals surface area contributed by atoms with Crippen LogP contribution in [0, 0.1) is 17.2 Å². The highest BCUT2D eigenvalue weighted by atomic mass is 16.1. The summed E-state index contributed by atoms with van der Waals surface area (Å²) >= 11 is 0. The molecule has 4 heteroatoms. The number of hydrogen-bond donors (Lipinski definition) is 1. The molecule has 1 fully saturated rings. The van der Waals surface area contributed by atoms with E-state index in [2.05, 4.69) is 23.3 Å². The lowest BCUT2D eigenvalue weighted by Gasteiger charge is -2.20. The van der Waals surface area contributed by atoms with Crippen LogP contribution < -0.4 is 5.32 Å². The molecule has 1 N–H and O–H groups in total. The van der Waals surface area contributed by atoms with Gasteiger partial charge in [0.05, 0.1) is 11.6 Å². The van der Waals surface area contributed by atoms with E-state index in [0.29, 0.717) is 12.0 Å². The van der Waals surface area contributed by atoms with Crippen LogP contribution in [0.4, 0.5) is 5.69 Å². The minimum atomic E-state index is 0.0259. The molecule has 0 spiro atoms. The van der Waals surface area contributed by atoms with Crippen LogP contribution in [0.15, 0.2) is 24.3 Å². The van der Waals surface area contributed by atoms with Gasteiger partial charge in [0.15, 0.2) is 0 Å². The molecule has 1 aromatic carbocycles. The van der Waals surface area contributed by atoms with Crippen LogP contribution in [0.5, 0.6) is 0 Å². The minimum absolute atomic E-state index is 0.0259. The molecule has 0 heterocycles. The molecule has 1 aliphatic rings. The van der Waals surface area contributed by atoms with Gasteiger partial charge in [-0.2, -0.15) is 5.26 Å². The highest BCUT2D eigenvalue weighted by Crippen LogP contribution is 2.25. The Kier molecular flexibility index (Phi) is 5.77. The third-order valence-corrected chi connectivity index (χ3v) is 4.06. The number of benzene rings is 1. The van der Waals surface area contributed by atoms with Gasteiger partial charge in [-0.25, -0.2) is 0 Å². The van der Waals surface area contributed by atoms with E-state index in [1.165, 1.54) is 25.7 Å². The Bertz CT molecular complexity index is 498. The normalized spacial score (nSPS) is 15.1. The average molecular weight is 285 g/mol. The monoisotopic (exact) mass is 285 g/mol. The fourth-order valence-electron chi connectivity index (χ4n) is 2.87. The molecule has 112 valence electrons. The van der Waals surface area contributed by atoms with Crippen molar-refractivity contribution in [2.24, 2.45) is 5.92 Å². The summed E-state index contributed by atoms with van der Waals surface area (Å²) in [5.41, 5.74) is 1.35. The molecule has 21 heavy (non-hydrogen) atoms. The molecule has 1 saturated carbocycles. The van der Waals surface area contributed by atoms with Crippen molar-refractivity contribution in [2.75, 3.05) is 25.5 Å². The maximum absolute atomic E-state index is 11.9. The number of nitriles is 1. The van der Waals surface area contributed by atoms with Crippen LogP contribution in [0.25, 0.3) is 0 Å². The van der Waals surface area contributed by atoms with Gasteiger partial charge < -0.3 is 10.2 Å². The topological polar surface area (TPSA) is 56.1 Å². The quantitative estimate of drug-likeness (QED) is 0.874. The lowest BCUT2D eigenvalue weighted by Crippen LogP contribution is -2.28. The molecule has 0 bridgehead atoms. The molecule has 1 aliphatic carbocycles. The van der Waals surface area contributed by atoms with Crippen LogP contribution in [0.3, 0.4) is 0 Å². The van der Waals surface area contributed by atoms with Crippen LogP contribution in [0.1, 0.15) is 37.7 Å². The first-order valence-corrected chi connectivity index (χ1v) is 7.66. The predicted molar refractivity (Wildman–Crippen MR) is 83.9 cm³/mol. The number of anilines is 1. The van der Waals surface area contributed by atoms with Crippen molar-refractivity contribution in [2.45, 2.75) is 32.1 Å². The van der Waals surface area contributed by atoms with E-state index in [9.17, 15) is 4.79 Å². The highest BCUT2D eigenvalue weighted by molar-refractivity contribution is 5.90. The van der Waals surface area contributed by atoms with Gasteiger partial charge in [0.2, 0.25) is 5.91 Å². The number of carbonyl (C=O) groups is 1. The molecule has 0 radical (unpaired) electrons. The lowest BCUT2D eigenvalue weighted by molar-refractivity contribution is -0.116. The van der Waals surface area contributed by atoms with Gasteiger partial charge in [-0.15, -0.1) is 0 Å². The lowest BCUT2D eigenvalue weighted by atomic mass is 10.1. The van der Waals surface area contributed by atoms with Crippen molar-refractivity contribution in [3.8, 4) is 6.07 Å². The first-order valence-electron chi connectivity index (χ1n) is 7.66. The largest absolute Gasteiger partial charge is 0.326 e. The average Bonchev–Trinajstić information content (AvgIpc) is 2.99. The SMILES string of the molecule is CN(CCC(=O)Nc1ccc(C#N)cc1)CC1CCCC1. The summed E-state index contributed by atoms with van der Waals surface area (Å²) < 4.78 is 0. The molecular formula is C17H23N3O. The number of nitrogens with zero attached hydrogens (tertiary/aromatic N) is 2. The minimum Gasteiger partial charge on any atom is -0.326 e. The molecule has 4 nitrogen and oxygen atoms in total. The van der Waals surface area contributed by atoms with E-state index in [1.807, 2.05) is 0 Å². The number of carbonyl (C=O) groups excluding carboxylic acids is 1. The molecule has 0 atom stereocenters. The molecule has 2 rings (SSSR count). The smallest absolute Gasteiger partial charge is 0.225 e. The summed E-state index contributed by atoms with van der Waals surface area (Å²) in [6.45, 7) is 1.89. The van der Waals surface area contributed by atoms with E-state index in [0.717, 1.165) is 24.7 Å². The number of nitrogens with one attached hydrogen (secondary N) is 1. The Labute approximate surface area is 126 Å². The van der Waals surface area contributed by atoms with E-state index < -0.39 is 0 Å². The van der Waals surface area contributed by atoms with Gasteiger partial charge in [-0.05, 0) is 50.1 Å². The Morgan fingerprint density at radius 3 is 2.62 bits per heavy atom. The summed E-state index contributed by atoms with van der Waals surface area (Å²) in [6.07, 6.45) is 5.89. The van der Waals surface area contributed by atoms with Crippen molar-refractivity contribution >= 4 is 11.6 Å². The maximum Gasteiger partial charge on any atom is 0.225 e. The number of rotatable bonds is 6. The molecule has 1 aromatic rings. The maximum atomic E-state index is 11.9. The first kappa shape index (κ1) is 15.5. The number of hydrogen-bond acceptors (Lipinski definition) is 3. The third kappa shape index (κ3) is 5.20. The van der Waals surface area contributed by atoms with Gasteiger partial charge in [0.25, 0.3) is 0 Å². The second-order valence-corrected chi connectivity index (χ2v) is 5.90. The zero-order valence-electron chi connectivity index (χ0n) is 12.6. The number of amides is 1. The molecule has 0 unspecified atom stereocenters. The van der Waals surface area contributed by atoms with E-state index in [1.54, 1.807) is 24.3 Å². The first-order chi connectivity index (χ1) is 10.2. The summed E-state index contributed by atoms with van der Waals surface area (Å²) in [7, 11) is 2.09. The van der Waals surface area contributed by atoms with Gasteiger partial charge in [0.1, 0.15) is 0 Å².